The van der Waals surface area contributed by atoms with E-state index in [9.17, 15) is 9.59 Å². The fourth-order valence-electron chi connectivity index (χ4n) is 4.05. The van der Waals surface area contributed by atoms with E-state index in [2.05, 4.69) is 4.98 Å². The molecule has 0 bridgehead atoms. The Balaban J connectivity index is 1.54. The Hall–Kier alpha value is -3.21. The molecule has 1 aliphatic heterocycles. The van der Waals surface area contributed by atoms with Gasteiger partial charge in [-0.25, -0.2) is 4.79 Å². The van der Waals surface area contributed by atoms with Gasteiger partial charge in [-0.15, -0.1) is 0 Å². The van der Waals surface area contributed by atoms with Gasteiger partial charge in [0.1, 0.15) is 0 Å². The van der Waals surface area contributed by atoms with E-state index in [-0.39, 0.29) is 18.6 Å². The molecule has 0 unspecified atom stereocenters. The number of fused-ring (bicyclic) bond motifs is 2. The molecule has 0 fully saturated rings. The predicted molar refractivity (Wildman–Crippen MR) is 109 cm³/mol. The van der Waals surface area contributed by atoms with Crippen LogP contribution in [0.1, 0.15) is 34.1 Å². The number of amides is 1. The van der Waals surface area contributed by atoms with Gasteiger partial charge in [0.25, 0.3) is 5.91 Å². The van der Waals surface area contributed by atoms with Crippen LogP contribution in [-0.2, 0) is 16.0 Å². The van der Waals surface area contributed by atoms with Crippen molar-refractivity contribution in [2.24, 2.45) is 0 Å². The molecule has 1 amide bonds. The third-order valence-electron chi connectivity index (χ3n) is 5.34. The van der Waals surface area contributed by atoms with Gasteiger partial charge in [0.15, 0.2) is 6.61 Å². The summed E-state index contributed by atoms with van der Waals surface area (Å²) in [6.45, 7) is 5.38. The van der Waals surface area contributed by atoms with Gasteiger partial charge in [-0.3, -0.25) is 9.78 Å². The van der Waals surface area contributed by atoms with Crippen molar-refractivity contribution in [1.82, 2.24) is 4.98 Å². The van der Waals surface area contributed by atoms with E-state index >= 15 is 0 Å². The molecule has 0 radical (unpaired) electrons. The van der Waals surface area contributed by atoms with Gasteiger partial charge >= 0.3 is 5.97 Å². The molecule has 0 saturated carbocycles. The molecule has 1 atom stereocenters. The van der Waals surface area contributed by atoms with Gasteiger partial charge in [0.05, 0.1) is 16.8 Å². The Morgan fingerprint density at radius 3 is 2.64 bits per heavy atom. The smallest absolute Gasteiger partial charge is 0.340 e. The normalized spacial score (nSPS) is 15.5. The fourth-order valence-corrected chi connectivity index (χ4v) is 4.05. The van der Waals surface area contributed by atoms with Gasteiger partial charge in [0, 0.05) is 17.1 Å². The van der Waals surface area contributed by atoms with Gasteiger partial charge in [-0.1, -0.05) is 36.4 Å². The number of aromatic nitrogens is 1. The minimum Gasteiger partial charge on any atom is -0.452 e. The van der Waals surface area contributed by atoms with Crippen LogP contribution in [0.15, 0.2) is 48.5 Å². The molecular weight excluding hydrogens is 352 g/mol. The summed E-state index contributed by atoms with van der Waals surface area (Å²) in [6, 6.07) is 15.6. The van der Waals surface area contributed by atoms with Crippen LogP contribution in [0.25, 0.3) is 10.9 Å². The quantitative estimate of drug-likeness (QED) is 0.651. The first-order valence-corrected chi connectivity index (χ1v) is 9.40. The maximum absolute atomic E-state index is 12.8. The fraction of sp³-hybridized carbons (Fsp3) is 0.261. The number of rotatable bonds is 3. The molecular formula is C23H22N2O3. The zero-order valence-electron chi connectivity index (χ0n) is 16.2. The second-order valence-corrected chi connectivity index (χ2v) is 7.24. The van der Waals surface area contributed by atoms with Crippen molar-refractivity contribution < 1.29 is 14.3 Å². The minimum absolute atomic E-state index is 0.0504. The summed E-state index contributed by atoms with van der Waals surface area (Å²) >= 11 is 0. The Bertz CT molecular complexity index is 1090. The highest BCUT2D eigenvalue weighted by Gasteiger charge is 2.31. The molecule has 28 heavy (non-hydrogen) atoms. The van der Waals surface area contributed by atoms with Crippen LogP contribution >= 0.6 is 0 Å². The Labute approximate surface area is 163 Å². The van der Waals surface area contributed by atoms with Gasteiger partial charge in [-0.05, 0) is 50.5 Å². The van der Waals surface area contributed by atoms with Crippen molar-refractivity contribution in [3.05, 3.63) is 70.9 Å². The van der Waals surface area contributed by atoms with E-state index < -0.39 is 5.97 Å². The lowest BCUT2D eigenvalue weighted by molar-refractivity contribution is -0.122. The van der Waals surface area contributed by atoms with Crippen molar-refractivity contribution in [2.45, 2.75) is 33.2 Å². The summed E-state index contributed by atoms with van der Waals surface area (Å²) in [4.78, 5) is 31.7. The van der Waals surface area contributed by atoms with Crippen LogP contribution in [-0.4, -0.2) is 29.5 Å². The molecule has 5 heteroatoms. The molecule has 4 rings (SSSR count). The molecule has 1 aliphatic rings. The van der Waals surface area contributed by atoms with E-state index in [4.69, 9.17) is 4.74 Å². The highest BCUT2D eigenvalue weighted by atomic mass is 16.5. The van der Waals surface area contributed by atoms with Crippen LogP contribution in [0.2, 0.25) is 0 Å². The van der Waals surface area contributed by atoms with E-state index in [0.29, 0.717) is 11.3 Å². The van der Waals surface area contributed by atoms with E-state index in [1.807, 2.05) is 62.4 Å². The lowest BCUT2D eigenvalue weighted by atomic mass is 10.0. The zero-order valence-corrected chi connectivity index (χ0v) is 16.2. The zero-order chi connectivity index (χ0) is 19.8. The number of esters is 1. The second-order valence-electron chi connectivity index (χ2n) is 7.24. The number of pyridine rings is 1. The first kappa shape index (κ1) is 18.2. The van der Waals surface area contributed by atoms with E-state index in [1.165, 1.54) is 0 Å². The largest absolute Gasteiger partial charge is 0.452 e. The standard InChI is InChI=1S/C23H22N2O3/c1-14-12-17-8-4-7-11-20(17)25(14)21(26)13-28-23(27)22-15(2)18-9-5-6-10-19(18)24-16(22)3/h4-11,14H,12-13H2,1-3H3/t14-/m0/s1. The van der Waals surface area contributed by atoms with E-state index in [1.54, 1.807) is 11.8 Å². The number of aryl methyl sites for hydroxylation is 2. The van der Waals surface area contributed by atoms with Crippen LogP contribution in [0.3, 0.4) is 0 Å². The van der Waals surface area contributed by atoms with Crippen molar-refractivity contribution in [1.29, 1.82) is 0 Å². The third kappa shape index (κ3) is 3.03. The average molecular weight is 374 g/mol. The predicted octanol–water partition coefficient (Wildman–Crippen LogP) is 3.99. The third-order valence-corrected chi connectivity index (χ3v) is 5.34. The van der Waals surface area contributed by atoms with Crippen molar-refractivity contribution >= 4 is 28.5 Å². The lowest BCUT2D eigenvalue weighted by Gasteiger charge is -2.22. The van der Waals surface area contributed by atoms with Crippen LogP contribution in [0, 0.1) is 13.8 Å². The van der Waals surface area contributed by atoms with Crippen molar-refractivity contribution in [3.8, 4) is 0 Å². The number of carbonyl (C=O) groups is 2. The molecule has 2 aromatic carbocycles. The summed E-state index contributed by atoms with van der Waals surface area (Å²) in [6.07, 6.45) is 0.808. The maximum atomic E-state index is 12.8. The summed E-state index contributed by atoms with van der Waals surface area (Å²) in [5.41, 5.74) is 4.74. The Morgan fingerprint density at radius 1 is 1.11 bits per heavy atom. The number of nitrogens with zero attached hydrogens (tertiary/aromatic N) is 2. The molecule has 0 saturated heterocycles. The number of hydrogen-bond acceptors (Lipinski definition) is 4. The molecule has 0 aliphatic carbocycles. The first-order chi connectivity index (χ1) is 13.5. The maximum Gasteiger partial charge on any atom is 0.340 e. The molecule has 142 valence electrons. The number of para-hydroxylation sites is 2. The molecule has 3 aromatic rings. The lowest BCUT2D eigenvalue weighted by Crippen LogP contribution is -2.38. The highest BCUT2D eigenvalue weighted by molar-refractivity contribution is 6.01. The summed E-state index contributed by atoms with van der Waals surface area (Å²) < 4.78 is 5.41. The molecule has 0 N–H and O–H groups in total. The average Bonchev–Trinajstić information content (AvgIpc) is 3.02. The number of benzene rings is 2. The van der Waals surface area contributed by atoms with Gasteiger partial charge < -0.3 is 9.64 Å². The molecule has 1 aromatic heterocycles. The number of carbonyl (C=O) groups excluding carboxylic acids is 2. The van der Waals surface area contributed by atoms with Crippen LogP contribution < -0.4 is 4.90 Å². The summed E-state index contributed by atoms with van der Waals surface area (Å²) in [7, 11) is 0. The van der Waals surface area contributed by atoms with Crippen LogP contribution in [0.4, 0.5) is 5.69 Å². The number of ether oxygens (including phenoxy) is 1. The first-order valence-electron chi connectivity index (χ1n) is 9.40. The number of hydrogen-bond donors (Lipinski definition) is 0. The van der Waals surface area contributed by atoms with E-state index in [0.717, 1.165) is 34.1 Å². The summed E-state index contributed by atoms with van der Waals surface area (Å²) in [5.74, 6) is -0.725. The molecule has 5 nitrogen and oxygen atoms in total. The topological polar surface area (TPSA) is 59.5 Å². The van der Waals surface area contributed by atoms with Gasteiger partial charge in [-0.2, -0.15) is 0 Å². The Morgan fingerprint density at radius 2 is 1.82 bits per heavy atom. The van der Waals surface area contributed by atoms with Gasteiger partial charge in [0.2, 0.25) is 0 Å². The Kier molecular flexibility index (Phi) is 4.59. The monoisotopic (exact) mass is 374 g/mol. The molecule has 0 spiro atoms. The highest BCUT2D eigenvalue weighted by Crippen LogP contribution is 2.32. The van der Waals surface area contributed by atoms with Crippen molar-refractivity contribution in [2.75, 3.05) is 11.5 Å². The minimum atomic E-state index is -0.512. The van der Waals surface area contributed by atoms with Crippen molar-refractivity contribution in [3.63, 3.8) is 0 Å². The molecule has 2 heterocycles. The number of anilines is 1. The summed E-state index contributed by atoms with van der Waals surface area (Å²) in [5, 5.41) is 0.911. The van der Waals surface area contributed by atoms with Crippen LogP contribution in [0.5, 0.6) is 0 Å². The second kappa shape index (κ2) is 7.08. The SMILES string of the molecule is Cc1nc2ccccc2c(C)c1C(=O)OCC(=O)N1c2ccccc2C[C@@H]1C.